The van der Waals surface area contributed by atoms with Crippen LogP contribution in [0.2, 0.25) is 0 Å². The number of hydrogen-bond donors (Lipinski definition) is 1. The van der Waals surface area contributed by atoms with Gasteiger partial charge in [0, 0.05) is 0 Å². The van der Waals surface area contributed by atoms with E-state index in [-0.39, 0.29) is 6.42 Å². The van der Waals surface area contributed by atoms with E-state index in [9.17, 15) is 26.4 Å². The summed E-state index contributed by atoms with van der Waals surface area (Å²) < 4.78 is 58.0. The molecule has 0 aromatic heterocycles. The predicted octanol–water partition coefficient (Wildman–Crippen LogP) is 1.42. The molecule has 0 aromatic rings. The van der Waals surface area contributed by atoms with E-state index in [2.05, 4.69) is 0 Å². The van der Waals surface area contributed by atoms with Crippen LogP contribution in [0.15, 0.2) is 0 Å². The van der Waals surface area contributed by atoms with Crippen molar-refractivity contribution in [3.63, 3.8) is 0 Å². The van der Waals surface area contributed by atoms with Crippen LogP contribution in [0.4, 0.5) is 13.2 Å². The third-order valence-corrected chi connectivity index (χ3v) is 4.04. The van der Waals surface area contributed by atoms with Gasteiger partial charge in [-0.2, -0.15) is 13.2 Å². The van der Waals surface area contributed by atoms with Crippen LogP contribution >= 0.6 is 0 Å². The van der Waals surface area contributed by atoms with Crippen LogP contribution < -0.4 is 0 Å². The van der Waals surface area contributed by atoms with Crippen molar-refractivity contribution in [2.45, 2.75) is 31.0 Å². The van der Waals surface area contributed by atoms with Gasteiger partial charge in [0.1, 0.15) is 0 Å². The average Bonchev–Trinajstić information content (AvgIpc) is 2.00. The number of aliphatic carboxylic acids is 1. The maximum absolute atomic E-state index is 12.1. The van der Waals surface area contributed by atoms with E-state index in [4.69, 9.17) is 5.11 Å². The molecule has 0 spiro atoms. The van der Waals surface area contributed by atoms with Crippen LogP contribution in [0, 0.1) is 5.92 Å². The Morgan fingerprint density at radius 2 is 1.80 bits per heavy atom. The van der Waals surface area contributed by atoms with E-state index in [0.29, 0.717) is 0 Å². The Balaban J connectivity index is 5.39. The molecule has 0 bridgehead atoms. The van der Waals surface area contributed by atoms with Crippen molar-refractivity contribution in [2.75, 3.05) is 0 Å². The minimum atomic E-state index is -5.65. The van der Waals surface area contributed by atoms with Crippen molar-refractivity contribution >= 4 is 15.8 Å². The Hall–Kier alpha value is -0.790. The first-order valence-electron chi connectivity index (χ1n) is 4.08. The molecule has 2 atom stereocenters. The molecule has 2 unspecified atom stereocenters. The second-order valence-electron chi connectivity index (χ2n) is 3.14. The van der Waals surface area contributed by atoms with Crippen molar-refractivity contribution in [3.05, 3.63) is 0 Å². The highest BCUT2D eigenvalue weighted by Crippen LogP contribution is 2.31. The Kier molecular flexibility index (Phi) is 4.15. The number of hydrogen-bond acceptors (Lipinski definition) is 3. The van der Waals surface area contributed by atoms with E-state index >= 15 is 0 Å². The van der Waals surface area contributed by atoms with E-state index in [0.717, 1.165) is 6.92 Å². The van der Waals surface area contributed by atoms with Gasteiger partial charge in [-0.05, 0) is 5.92 Å². The summed E-state index contributed by atoms with van der Waals surface area (Å²) in [5, 5.41) is 6.07. The molecule has 15 heavy (non-hydrogen) atoms. The standard InChI is InChI=1S/C7H11F3O4S/c1-3-4(2)5(6(11)12)15(13,14)7(8,9)10/h4-5H,3H2,1-2H3,(H,11,12). The van der Waals surface area contributed by atoms with Crippen LogP contribution in [0.5, 0.6) is 0 Å². The molecule has 8 heteroatoms. The van der Waals surface area contributed by atoms with Crippen LogP contribution in [-0.2, 0) is 14.6 Å². The molecule has 0 radical (unpaired) electrons. The van der Waals surface area contributed by atoms with Crippen LogP contribution in [0.1, 0.15) is 20.3 Å². The Morgan fingerprint density at radius 1 is 1.40 bits per heavy atom. The van der Waals surface area contributed by atoms with Gasteiger partial charge in [-0.15, -0.1) is 0 Å². The Bertz CT molecular complexity index is 333. The van der Waals surface area contributed by atoms with E-state index in [1.54, 1.807) is 0 Å². The fourth-order valence-corrected chi connectivity index (χ4v) is 2.40. The fourth-order valence-electron chi connectivity index (χ4n) is 1.04. The van der Waals surface area contributed by atoms with Gasteiger partial charge in [-0.1, -0.05) is 20.3 Å². The molecule has 0 rings (SSSR count). The second-order valence-corrected chi connectivity index (χ2v) is 5.20. The molecule has 0 aromatic carbocycles. The summed E-state index contributed by atoms with van der Waals surface area (Å²) in [6, 6.07) is 0. The van der Waals surface area contributed by atoms with Crippen molar-refractivity contribution in [1.82, 2.24) is 0 Å². The third kappa shape index (κ3) is 2.83. The topological polar surface area (TPSA) is 71.4 Å². The summed E-state index contributed by atoms with van der Waals surface area (Å²) in [4.78, 5) is 10.5. The molecular formula is C7H11F3O4S. The quantitative estimate of drug-likeness (QED) is 0.816. The minimum absolute atomic E-state index is 0.0340. The van der Waals surface area contributed by atoms with Gasteiger partial charge < -0.3 is 5.11 Å². The smallest absolute Gasteiger partial charge is 0.480 e. The molecule has 90 valence electrons. The van der Waals surface area contributed by atoms with E-state index in [1.165, 1.54) is 6.92 Å². The first-order valence-corrected chi connectivity index (χ1v) is 5.63. The van der Waals surface area contributed by atoms with Crippen molar-refractivity contribution in [2.24, 2.45) is 5.92 Å². The first-order chi connectivity index (χ1) is 6.55. The predicted molar refractivity (Wildman–Crippen MR) is 45.9 cm³/mol. The number of carboxylic acid groups (broad SMARTS) is 1. The van der Waals surface area contributed by atoms with E-state index < -0.39 is 32.5 Å². The SMILES string of the molecule is CCC(C)C(C(=O)O)S(=O)(=O)C(F)(F)F. The lowest BCUT2D eigenvalue weighted by Gasteiger charge is -2.20. The molecule has 0 amide bonds. The van der Waals surface area contributed by atoms with Crippen molar-refractivity contribution < 1.29 is 31.5 Å². The number of carboxylic acids is 1. The molecule has 4 nitrogen and oxygen atoms in total. The van der Waals surface area contributed by atoms with Gasteiger partial charge in [-0.3, -0.25) is 4.79 Å². The highest BCUT2D eigenvalue weighted by atomic mass is 32.2. The largest absolute Gasteiger partial charge is 0.498 e. The third-order valence-electron chi connectivity index (χ3n) is 2.06. The highest BCUT2D eigenvalue weighted by Gasteiger charge is 2.54. The summed E-state index contributed by atoms with van der Waals surface area (Å²) in [5.41, 5.74) is -5.53. The zero-order valence-electron chi connectivity index (χ0n) is 8.08. The van der Waals surface area contributed by atoms with Gasteiger partial charge in [-0.25, -0.2) is 8.42 Å². The molecule has 0 fully saturated rings. The number of sulfone groups is 1. The molecule has 0 aliphatic carbocycles. The van der Waals surface area contributed by atoms with Gasteiger partial charge in [0.2, 0.25) is 0 Å². The molecule has 0 saturated heterocycles. The summed E-state index contributed by atoms with van der Waals surface area (Å²) >= 11 is 0. The van der Waals surface area contributed by atoms with Crippen LogP contribution in [-0.4, -0.2) is 30.3 Å². The van der Waals surface area contributed by atoms with Gasteiger partial charge in [0.25, 0.3) is 9.84 Å². The zero-order chi connectivity index (χ0) is 12.4. The first kappa shape index (κ1) is 14.2. The van der Waals surface area contributed by atoms with Crippen LogP contribution in [0.25, 0.3) is 0 Å². The maximum Gasteiger partial charge on any atom is 0.498 e. The molecule has 0 aliphatic rings. The minimum Gasteiger partial charge on any atom is -0.480 e. The average molecular weight is 248 g/mol. The number of alkyl halides is 3. The Labute approximate surface area is 85.0 Å². The fraction of sp³-hybridized carbons (Fsp3) is 0.857. The molecule has 1 N–H and O–H groups in total. The maximum atomic E-state index is 12.1. The van der Waals surface area contributed by atoms with Gasteiger partial charge in [0.15, 0.2) is 5.25 Å². The monoisotopic (exact) mass is 248 g/mol. The van der Waals surface area contributed by atoms with Crippen LogP contribution in [0.3, 0.4) is 0 Å². The van der Waals surface area contributed by atoms with Crippen molar-refractivity contribution in [3.8, 4) is 0 Å². The number of halogens is 3. The second kappa shape index (κ2) is 4.38. The van der Waals surface area contributed by atoms with Crippen molar-refractivity contribution in [1.29, 1.82) is 0 Å². The molecule has 0 aliphatic heterocycles. The summed E-state index contributed by atoms with van der Waals surface area (Å²) in [7, 11) is -5.65. The highest BCUT2D eigenvalue weighted by molar-refractivity contribution is 7.93. The number of carbonyl (C=O) groups is 1. The normalized spacial score (nSPS) is 17.1. The van der Waals surface area contributed by atoms with Gasteiger partial charge >= 0.3 is 11.5 Å². The molecule has 0 saturated carbocycles. The molecule has 0 heterocycles. The number of rotatable bonds is 4. The van der Waals surface area contributed by atoms with E-state index in [1.807, 2.05) is 0 Å². The Morgan fingerprint density at radius 3 is 2.00 bits per heavy atom. The zero-order valence-corrected chi connectivity index (χ0v) is 8.89. The summed E-state index contributed by atoms with van der Waals surface area (Å²) in [6.45, 7) is 2.58. The van der Waals surface area contributed by atoms with Gasteiger partial charge in [0.05, 0.1) is 0 Å². The lowest BCUT2D eigenvalue weighted by molar-refractivity contribution is -0.138. The summed E-state index contributed by atoms with van der Waals surface area (Å²) in [6.07, 6.45) is 0.0340. The summed E-state index contributed by atoms with van der Waals surface area (Å²) in [5.74, 6) is -3.06. The lowest BCUT2D eigenvalue weighted by atomic mass is 10.1. The lowest BCUT2D eigenvalue weighted by Crippen LogP contribution is -2.43. The molecular weight excluding hydrogens is 237 g/mol.